The average molecular weight is 239 g/mol. The highest BCUT2D eigenvalue weighted by atomic mass is 14.7. The van der Waals surface area contributed by atoms with Gasteiger partial charge in [-0.2, -0.15) is 0 Å². The first-order chi connectivity index (χ1) is 8.63. The standard InChI is InChI=1S/C17H21N/c1-11(2)13-6-7-15-9-14-5-4-12(3)8-16(14)18-17(15)10-13/h6-7,9-12H,4-5,8H2,1-3H3/t12-/m0/s1. The molecule has 18 heavy (non-hydrogen) atoms. The van der Waals surface area contributed by atoms with Crippen LogP contribution < -0.4 is 0 Å². The number of aromatic nitrogens is 1. The fourth-order valence-electron chi connectivity index (χ4n) is 2.85. The quantitative estimate of drug-likeness (QED) is 0.715. The number of hydrogen-bond donors (Lipinski definition) is 0. The number of rotatable bonds is 1. The van der Waals surface area contributed by atoms with Gasteiger partial charge in [-0.05, 0) is 54.4 Å². The van der Waals surface area contributed by atoms with Crippen LogP contribution in [0.15, 0.2) is 24.3 Å². The van der Waals surface area contributed by atoms with E-state index in [1.165, 1.54) is 40.6 Å². The van der Waals surface area contributed by atoms with Crippen LogP contribution in [0, 0.1) is 5.92 Å². The van der Waals surface area contributed by atoms with E-state index in [1.807, 2.05) is 0 Å². The fraction of sp³-hybridized carbons (Fsp3) is 0.471. The molecule has 1 atom stereocenters. The third-order valence-electron chi connectivity index (χ3n) is 4.13. The van der Waals surface area contributed by atoms with Gasteiger partial charge in [0.2, 0.25) is 0 Å². The van der Waals surface area contributed by atoms with Gasteiger partial charge in [0.25, 0.3) is 0 Å². The average Bonchev–Trinajstić information content (AvgIpc) is 2.35. The second-order valence-electron chi connectivity index (χ2n) is 6.05. The van der Waals surface area contributed by atoms with E-state index in [9.17, 15) is 0 Å². The van der Waals surface area contributed by atoms with E-state index in [0.717, 1.165) is 12.3 Å². The highest BCUT2D eigenvalue weighted by Gasteiger charge is 2.17. The van der Waals surface area contributed by atoms with Crippen LogP contribution in [0.4, 0.5) is 0 Å². The van der Waals surface area contributed by atoms with Crippen LogP contribution in [-0.4, -0.2) is 4.98 Å². The van der Waals surface area contributed by atoms with Crippen molar-refractivity contribution in [3.8, 4) is 0 Å². The van der Waals surface area contributed by atoms with E-state index in [-0.39, 0.29) is 0 Å². The summed E-state index contributed by atoms with van der Waals surface area (Å²) in [5.41, 5.74) is 5.37. The Morgan fingerprint density at radius 3 is 2.83 bits per heavy atom. The Kier molecular flexibility index (Phi) is 2.85. The van der Waals surface area contributed by atoms with Gasteiger partial charge < -0.3 is 0 Å². The molecule has 1 aromatic carbocycles. The molecule has 1 nitrogen and oxygen atoms in total. The largest absolute Gasteiger partial charge is 0.253 e. The summed E-state index contributed by atoms with van der Waals surface area (Å²) in [7, 11) is 0. The second kappa shape index (κ2) is 4.38. The zero-order valence-electron chi connectivity index (χ0n) is 11.5. The SMILES string of the molecule is CC(C)c1ccc2cc3c(nc2c1)C[C@@H](C)CC3. The van der Waals surface area contributed by atoms with E-state index < -0.39 is 0 Å². The molecule has 3 rings (SSSR count). The van der Waals surface area contributed by atoms with E-state index >= 15 is 0 Å². The molecule has 0 spiro atoms. The number of fused-ring (bicyclic) bond motifs is 2. The lowest BCUT2D eigenvalue weighted by Gasteiger charge is -2.21. The lowest BCUT2D eigenvalue weighted by atomic mass is 9.87. The molecule has 1 heterocycles. The maximum Gasteiger partial charge on any atom is 0.0708 e. The highest BCUT2D eigenvalue weighted by Crippen LogP contribution is 2.28. The molecule has 94 valence electrons. The lowest BCUT2D eigenvalue weighted by molar-refractivity contribution is 0.493. The third-order valence-corrected chi connectivity index (χ3v) is 4.13. The normalized spacial score (nSPS) is 19.2. The summed E-state index contributed by atoms with van der Waals surface area (Å²) in [6.07, 6.45) is 3.66. The van der Waals surface area contributed by atoms with Crippen molar-refractivity contribution in [3.05, 3.63) is 41.1 Å². The van der Waals surface area contributed by atoms with Gasteiger partial charge in [0.1, 0.15) is 0 Å². The molecule has 0 aliphatic heterocycles. The molecule has 1 aliphatic carbocycles. The molecule has 0 radical (unpaired) electrons. The van der Waals surface area contributed by atoms with Crippen LogP contribution in [0.1, 0.15) is 49.9 Å². The first-order valence-electron chi connectivity index (χ1n) is 7.06. The van der Waals surface area contributed by atoms with Crippen molar-refractivity contribution < 1.29 is 0 Å². The summed E-state index contributed by atoms with van der Waals surface area (Å²) in [4.78, 5) is 4.91. The van der Waals surface area contributed by atoms with Gasteiger partial charge in [0, 0.05) is 11.1 Å². The van der Waals surface area contributed by atoms with Crippen molar-refractivity contribution >= 4 is 10.9 Å². The van der Waals surface area contributed by atoms with E-state index in [1.54, 1.807) is 0 Å². The molecule has 0 unspecified atom stereocenters. The smallest absolute Gasteiger partial charge is 0.0708 e. The highest BCUT2D eigenvalue weighted by molar-refractivity contribution is 5.80. The topological polar surface area (TPSA) is 12.9 Å². The molecule has 1 heteroatoms. The molecular weight excluding hydrogens is 218 g/mol. The van der Waals surface area contributed by atoms with Crippen molar-refractivity contribution in [3.63, 3.8) is 0 Å². The second-order valence-corrected chi connectivity index (χ2v) is 6.05. The first kappa shape index (κ1) is 11.7. The lowest BCUT2D eigenvalue weighted by Crippen LogP contribution is -2.13. The monoisotopic (exact) mass is 239 g/mol. The van der Waals surface area contributed by atoms with Crippen molar-refractivity contribution in [1.82, 2.24) is 4.98 Å². The summed E-state index contributed by atoms with van der Waals surface area (Å²) in [6.45, 7) is 6.81. The molecule has 0 bridgehead atoms. The Labute approximate surface area is 109 Å². The Hall–Kier alpha value is -1.37. The van der Waals surface area contributed by atoms with Crippen molar-refractivity contribution in [1.29, 1.82) is 0 Å². The Morgan fingerprint density at radius 2 is 2.06 bits per heavy atom. The molecule has 1 aromatic heterocycles. The van der Waals surface area contributed by atoms with Gasteiger partial charge >= 0.3 is 0 Å². The number of benzene rings is 1. The van der Waals surface area contributed by atoms with Gasteiger partial charge in [0.15, 0.2) is 0 Å². The summed E-state index contributed by atoms with van der Waals surface area (Å²) in [5, 5.41) is 1.30. The molecule has 0 saturated carbocycles. The van der Waals surface area contributed by atoms with Crippen molar-refractivity contribution in [2.45, 2.75) is 46.0 Å². The van der Waals surface area contributed by atoms with E-state index in [0.29, 0.717) is 5.92 Å². The minimum absolute atomic E-state index is 0.575. The van der Waals surface area contributed by atoms with Gasteiger partial charge in [-0.15, -0.1) is 0 Å². The third kappa shape index (κ3) is 2.03. The molecule has 0 saturated heterocycles. The minimum Gasteiger partial charge on any atom is -0.253 e. The Bertz CT molecular complexity index is 583. The van der Waals surface area contributed by atoms with Gasteiger partial charge in [0.05, 0.1) is 5.52 Å². The summed E-state index contributed by atoms with van der Waals surface area (Å²) in [6, 6.07) is 9.09. The first-order valence-corrected chi connectivity index (χ1v) is 7.06. The van der Waals surface area contributed by atoms with Crippen LogP contribution >= 0.6 is 0 Å². The Morgan fingerprint density at radius 1 is 1.22 bits per heavy atom. The molecule has 0 fully saturated rings. The predicted molar refractivity (Wildman–Crippen MR) is 77.0 cm³/mol. The van der Waals surface area contributed by atoms with Crippen LogP contribution in [0.25, 0.3) is 10.9 Å². The van der Waals surface area contributed by atoms with Crippen LogP contribution in [0.2, 0.25) is 0 Å². The van der Waals surface area contributed by atoms with E-state index in [2.05, 4.69) is 45.0 Å². The predicted octanol–water partition coefficient (Wildman–Crippen LogP) is 4.48. The maximum absolute atomic E-state index is 4.91. The van der Waals surface area contributed by atoms with Crippen LogP contribution in [0.5, 0.6) is 0 Å². The molecule has 0 amide bonds. The molecule has 0 N–H and O–H groups in total. The maximum atomic E-state index is 4.91. The minimum atomic E-state index is 0.575. The molecule has 2 aromatic rings. The van der Waals surface area contributed by atoms with Crippen LogP contribution in [0.3, 0.4) is 0 Å². The van der Waals surface area contributed by atoms with Gasteiger partial charge in [-0.1, -0.05) is 32.9 Å². The number of aryl methyl sites for hydroxylation is 1. The van der Waals surface area contributed by atoms with Gasteiger partial charge in [-0.3, -0.25) is 4.98 Å². The summed E-state index contributed by atoms with van der Waals surface area (Å²) >= 11 is 0. The summed E-state index contributed by atoms with van der Waals surface area (Å²) in [5.74, 6) is 1.36. The van der Waals surface area contributed by atoms with Gasteiger partial charge in [-0.25, -0.2) is 0 Å². The Balaban J connectivity index is 2.13. The zero-order valence-corrected chi connectivity index (χ0v) is 11.5. The number of nitrogens with zero attached hydrogens (tertiary/aromatic N) is 1. The number of pyridine rings is 1. The van der Waals surface area contributed by atoms with E-state index in [4.69, 9.17) is 4.98 Å². The zero-order chi connectivity index (χ0) is 12.7. The summed E-state index contributed by atoms with van der Waals surface area (Å²) < 4.78 is 0. The molecular formula is C17H21N. The fourth-order valence-corrected chi connectivity index (χ4v) is 2.85. The number of hydrogen-bond acceptors (Lipinski definition) is 1. The van der Waals surface area contributed by atoms with Crippen LogP contribution in [-0.2, 0) is 12.8 Å². The van der Waals surface area contributed by atoms with Crippen molar-refractivity contribution in [2.24, 2.45) is 5.92 Å². The van der Waals surface area contributed by atoms with Crippen molar-refractivity contribution in [2.75, 3.05) is 0 Å². The molecule has 1 aliphatic rings.